The first-order chi connectivity index (χ1) is 10.6. The maximum Gasteiger partial charge on any atom is 0.341 e. The molecule has 0 fully saturated rings. The zero-order valence-electron chi connectivity index (χ0n) is 11.4. The molecule has 0 aliphatic carbocycles. The summed E-state index contributed by atoms with van der Waals surface area (Å²) in [4.78, 5) is 27.2. The Morgan fingerprint density at radius 1 is 1.18 bits per heavy atom. The molecule has 0 radical (unpaired) electrons. The highest BCUT2D eigenvalue weighted by Gasteiger charge is 2.13. The van der Waals surface area contributed by atoms with Gasteiger partial charge in [0.2, 0.25) is 0 Å². The van der Waals surface area contributed by atoms with Crippen molar-refractivity contribution in [3.05, 3.63) is 64.7 Å². The molecule has 1 N–H and O–H groups in total. The van der Waals surface area contributed by atoms with Gasteiger partial charge in [0.05, 0.1) is 17.7 Å². The van der Waals surface area contributed by atoms with Gasteiger partial charge in [-0.25, -0.2) is 14.2 Å². The quantitative estimate of drug-likeness (QED) is 0.521. The van der Waals surface area contributed by atoms with E-state index in [1.165, 1.54) is 36.5 Å². The number of ether oxygens (including phenoxy) is 1. The first kappa shape index (κ1) is 15.9. The van der Waals surface area contributed by atoms with Crippen molar-refractivity contribution in [3.8, 4) is 0 Å². The average molecular weight is 323 g/mol. The molecule has 0 saturated carbocycles. The third-order valence-corrected chi connectivity index (χ3v) is 3.02. The number of halogens is 2. The molecule has 1 aromatic heterocycles. The topological polar surface area (TPSA) is 68.3 Å². The minimum Gasteiger partial charge on any atom is -0.460 e. The molecule has 1 amide bonds. The van der Waals surface area contributed by atoms with Crippen LogP contribution in [0.2, 0.25) is 5.15 Å². The number of nitrogens with zero attached hydrogens (tertiary/aromatic N) is 1. The van der Waals surface area contributed by atoms with Crippen LogP contribution in [0.3, 0.4) is 0 Å². The fourth-order valence-electron chi connectivity index (χ4n) is 1.66. The summed E-state index contributed by atoms with van der Waals surface area (Å²) in [6.07, 6.45) is 1.47. The molecule has 2 aromatic rings. The summed E-state index contributed by atoms with van der Waals surface area (Å²) in [6.45, 7) is -0.0129. The van der Waals surface area contributed by atoms with E-state index in [2.05, 4.69) is 10.3 Å². The Kier molecular flexibility index (Phi) is 5.43. The molecule has 0 spiro atoms. The molecule has 2 rings (SSSR count). The number of carbonyl (C=O) groups is 2. The fraction of sp³-hybridized carbons (Fsp3) is 0.133. The van der Waals surface area contributed by atoms with E-state index in [1.807, 2.05) is 0 Å². The molecule has 0 aliphatic heterocycles. The van der Waals surface area contributed by atoms with Crippen molar-refractivity contribution >= 4 is 23.5 Å². The van der Waals surface area contributed by atoms with E-state index >= 15 is 0 Å². The lowest BCUT2D eigenvalue weighted by atomic mass is 10.2. The molecular formula is C15H12ClFN2O3. The Labute approximate surface area is 131 Å². The van der Waals surface area contributed by atoms with Crippen LogP contribution in [0, 0.1) is 5.82 Å². The van der Waals surface area contributed by atoms with Crippen LogP contribution < -0.4 is 5.32 Å². The fourth-order valence-corrected chi connectivity index (χ4v) is 1.87. The summed E-state index contributed by atoms with van der Waals surface area (Å²) in [5.74, 6) is -1.87. The Hall–Kier alpha value is -2.47. The van der Waals surface area contributed by atoms with Gasteiger partial charge in [0.25, 0.3) is 5.91 Å². The predicted octanol–water partition coefficient (Wildman–Crippen LogP) is 2.46. The van der Waals surface area contributed by atoms with E-state index in [0.717, 1.165) is 0 Å². The number of hydrogen-bond acceptors (Lipinski definition) is 4. The van der Waals surface area contributed by atoms with Crippen LogP contribution in [0.4, 0.5) is 4.39 Å². The Morgan fingerprint density at radius 2 is 1.91 bits per heavy atom. The molecule has 1 aromatic carbocycles. The van der Waals surface area contributed by atoms with E-state index in [-0.39, 0.29) is 29.4 Å². The van der Waals surface area contributed by atoms with Gasteiger partial charge in [-0.2, -0.15) is 0 Å². The third kappa shape index (κ3) is 4.02. The van der Waals surface area contributed by atoms with Crippen LogP contribution in [0.15, 0.2) is 42.6 Å². The molecule has 0 atom stereocenters. The molecule has 0 unspecified atom stereocenters. The first-order valence-corrected chi connectivity index (χ1v) is 6.78. The van der Waals surface area contributed by atoms with Gasteiger partial charge in [-0.3, -0.25) is 4.79 Å². The minimum atomic E-state index is -0.785. The first-order valence-electron chi connectivity index (χ1n) is 6.40. The monoisotopic (exact) mass is 322 g/mol. The zero-order valence-corrected chi connectivity index (χ0v) is 12.1. The van der Waals surface area contributed by atoms with E-state index < -0.39 is 17.7 Å². The summed E-state index contributed by atoms with van der Waals surface area (Å²) < 4.78 is 18.2. The zero-order chi connectivity index (χ0) is 15.9. The highest BCUT2D eigenvalue weighted by Crippen LogP contribution is 2.11. The lowest BCUT2D eigenvalue weighted by molar-refractivity contribution is 0.0498. The number of benzene rings is 1. The number of rotatable bonds is 5. The lowest BCUT2D eigenvalue weighted by Gasteiger charge is -2.07. The smallest absolute Gasteiger partial charge is 0.341 e. The van der Waals surface area contributed by atoms with Gasteiger partial charge in [0.1, 0.15) is 17.6 Å². The van der Waals surface area contributed by atoms with E-state index in [9.17, 15) is 14.0 Å². The molecule has 5 nitrogen and oxygen atoms in total. The summed E-state index contributed by atoms with van der Waals surface area (Å²) >= 11 is 5.78. The molecule has 7 heteroatoms. The Bertz CT molecular complexity index is 634. The van der Waals surface area contributed by atoms with Crippen LogP contribution in [0.5, 0.6) is 0 Å². The summed E-state index contributed by atoms with van der Waals surface area (Å²) in [5.41, 5.74) is 0.0775. The van der Waals surface area contributed by atoms with Gasteiger partial charge in [-0.15, -0.1) is 0 Å². The number of pyridine rings is 1. The molecule has 0 saturated heterocycles. The van der Waals surface area contributed by atoms with Crippen LogP contribution >= 0.6 is 11.6 Å². The second kappa shape index (κ2) is 7.51. The number of aromatic nitrogens is 1. The molecule has 114 valence electrons. The van der Waals surface area contributed by atoms with Gasteiger partial charge in [-0.05, 0) is 24.3 Å². The highest BCUT2D eigenvalue weighted by molar-refractivity contribution is 6.32. The SMILES string of the molecule is O=C(OCCNC(=O)c1cccnc1Cl)c1ccccc1F. The molecule has 0 bridgehead atoms. The number of carbonyl (C=O) groups excluding carboxylic acids is 2. The maximum atomic E-state index is 13.4. The van der Waals surface area contributed by atoms with Crippen molar-refractivity contribution < 1.29 is 18.7 Å². The minimum absolute atomic E-state index is 0.0737. The van der Waals surface area contributed by atoms with E-state index in [4.69, 9.17) is 16.3 Å². The van der Waals surface area contributed by atoms with Crippen molar-refractivity contribution in [1.82, 2.24) is 10.3 Å². The van der Waals surface area contributed by atoms with Crippen LogP contribution in [0.25, 0.3) is 0 Å². The largest absolute Gasteiger partial charge is 0.460 e. The van der Waals surface area contributed by atoms with Gasteiger partial charge in [0.15, 0.2) is 0 Å². The van der Waals surface area contributed by atoms with Crippen molar-refractivity contribution in [1.29, 1.82) is 0 Å². The van der Waals surface area contributed by atoms with Crippen molar-refractivity contribution in [2.24, 2.45) is 0 Å². The third-order valence-electron chi connectivity index (χ3n) is 2.72. The van der Waals surface area contributed by atoms with Crippen molar-refractivity contribution in [2.75, 3.05) is 13.2 Å². The summed E-state index contributed by atoms with van der Waals surface area (Å²) in [6, 6.07) is 8.61. The second-order valence-corrected chi connectivity index (χ2v) is 4.57. The van der Waals surface area contributed by atoms with Gasteiger partial charge in [0, 0.05) is 6.20 Å². The van der Waals surface area contributed by atoms with Crippen LogP contribution in [-0.4, -0.2) is 30.0 Å². The van der Waals surface area contributed by atoms with Gasteiger partial charge >= 0.3 is 5.97 Å². The molecule has 0 aliphatic rings. The number of esters is 1. The van der Waals surface area contributed by atoms with Crippen molar-refractivity contribution in [2.45, 2.75) is 0 Å². The Morgan fingerprint density at radius 3 is 2.64 bits per heavy atom. The van der Waals surface area contributed by atoms with Crippen LogP contribution in [0.1, 0.15) is 20.7 Å². The lowest BCUT2D eigenvalue weighted by Crippen LogP contribution is -2.28. The number of hydrogen-bond donors (Lipinski definition) is 1. The molecule has 1 heterocycles. The Balaban J connectivity index is 1.80. The average Bonchev–Trinajstić information content (AvgIpc) is 2.52. The predicted molar refractivity (Wildman–Crippen MR) is 78.3 cm³/mol. The maximum absolute atomic E-state index is 13.4. The number of nitrogens with one attached hydrogen (secondary N) is 1. The standard InChI is InChI=1S/C15H12ClFN2O3/c16-13-11(5-3-7-18-13)14(20)19-8-9-22-15(21)10-4-1-2-6-12(10)17/h1-7H,8-9H2,(H,19,20). The van der Waals surface area contributed by atoms with Gasteiger partial charge < -0.3 is 10.1 Å². The van der Waals surface area contributed by atoms with E-state index in [1.54, 1.807) is 6.07 Å². The molecular weight excluding hydrogens is 311 g/mol. The van der Waals surface area contributed by atoms with Crippen molar-refractivity contribution in [3.63, 3.8) is 0 Å². The summed E-state index contributed by atoms with van der Waals surface area (Å²) in [7, 11) is 0. The highest BCUT2D eigenvalue weighted by atomic mass is 35.5. The second-order valence-electron chi connectivity index (χ2n) is 4.21. The van der Waals surface area contributed by atoms with E-state index in [0.29, 0.717) is 0 Å². The number of amides is 1. The molecule has 22 heavy (non-hydrogen) atoms. The normalized spacial score (nSPS) is 10.1. The van der Waals surface area contributed by atoms with Gasteiger partial charge in [-0.1, -0.05) is 23.7 Å². The summed E-state index contributed by atoms with van der Waals surface area (Å²) in [5, 5.41) is 2.61. The van der Waals surface area contributed by atoms with Crippen LogP contribution in [-0.2, 0) is 4.74 Å².